The molecule has 0 radical (unpaired) electrons. The van der Waals surface area contributed by atoms with Crippen LogP contribution in [0.4, 0.5) is 5.69 Å². The van der Waals surface area contributed by atoms with E-state index in [4.69, 9.17) is 9.47 Å². The minimum Gasteiger partial charge on any atom is -0.485 e. The summed E-state index contributed by atoms with van der Waals surface area (Å²) < 4.78 is 11.3. The van der Waals surface area contributed by atoms with Gasteiger partial charge in [0.1, 0.15) is 6.61 Å². The summed E-state index contributed by atoms with van der Waals surface area (Å²) in [6, 6.07) is 17.4. The molecule has 1 aromatic heterocycles. The molecule has 0 saturated heterocycles. The summed E-state index contributed by atoms with van der Waals surface area (Å²) in [7, 11) is 0. The standard InChI is InChI=1S/C19H15N3O4/c23-18-9-8-14(21-22-18)12-4-3-5-13(10-12)20-19(24)17-11-25-15-6-1-2-7-16(15)26-17/h1-10,17H,11H2,(H,20,24)(H,22,23). The maximum absolute atomic E-state index is 12.5. The Morgan fingerprint density at radius 2 is 1.92 bits per heavy atom. The first-order valence-corrected chi connectivity index (χ1v) is 8.04. The van der Waals surface area contributed by atoms with Gasteiger partial charge in [-0.1, -0.05) is 24.3 Å². The Kier molecular flexibility index (Phi) is 4.10. The number of H-pyrrole nitrogens is 1. The number of nitrogens with zero attached hydrogens (tertiary/aromatic N) is 1. The molecule has 1 aliphatic heterocycles. The van der Waals surface area contributed by atoms with Crippen LogP contribution in [0.3, 0.4) is 0 Å². The molecule has 1 unspecified atom stereocenters. The average Bonchev–Trinajstić information content (AvgIpc) is 2.68. The first-order valence-electron chi connectivity index (χ1n) is 8.04. The number of aromatic nitrogens is 2. The van der Waals surface area contributed by atoms with E-state index in [0.717, 1.165) is 5.56 Å². The van der Waals surface area contributed by atoms with Crippen LogP contribution in [0.15, 0.2) is 65.5 Å². The maximum atomic E-state index is 12.5. The molecular weight excluding hydrogens is 334 g/mol. The van der Waals surface area contributed by atoms with Crippen molar-refractivity contribution < 1.29 is 14.3 Å². The largest absolute Gasteiger partial charge is 0.485 e. The number of aromatic amines is 1. The minimum absolute atomic E-state index is 0.143. The lowest BCUT2D eigenvalue weighted by molar-refractivity contribution is -0.125. The fourth-order valence-electron chi connectivity index (χ4n) is 2.63. The van der Waals surface area contributed by atoms with E-state index in [-0.39, 0.29) is 18.1 Å². The van der Waals surface area contributed by atoms with E-state index in [1.165, 1.54) is 6.07 Å². The van der Waals surface area contributed by atoms with Gasteiger partial charge in [0, 0.05) is 17.3 Å². The van der Waals surface area contributed by atoms with E-state index in [1.54, 1.807) is 36.4 Å². The van der Waals surface area contributed by atoms with Gasteiger partial charge < -0.3 is 14.8 Å². The highest BCUT2D eigenvalue weighted by Gasteiger charge is 2.27. The highest BCUT2D eigenvalue weighted by Crippen LogP contribution is 2.31. The van der Waals surface area contributed by atoms with E-state index in [9.17, 15) is 9.59 Å². The number of nitrogens with one attached hydrogen (secondary N) is 2. The van der Waals surface area contributed by atoms with E-state index in [1.807, 2.05) is 18.2 Å². The van der Waals surface area contributed by atoms with Gasteiger partial charge in [-0.15, -0.1) is 0 Å². The molecule has 2 N–H and O–H groups in total. The van der Waals surface area contributed by atoms with Gasteiger partial charge in [0.2, 0.25) is 6.10 Å². The zero-order valence-corrected chi connectivity index (χ0v) is 13.6. The summed E-state index contributed by atoms with van der Waals surface area (Å²) in [6.07, 6.45) is -0.736. The van der Waals surface area contributed by atoms with E-state index >= 15 is 0 Å². The Bertz CT molecular complexity index is 995. The van der Waals surface area contributed by atoms with Crippen LogP contribution in [0.2, 0.25) is 0 Å². The lowest BCUT2D eigenvalue weighted by Gasteiger charge is -2.25. The molecule has 0 aliphatic carbocycles. The zero-order chi connectivity index (χ0) is 17.9. The molecule has 1 amide bonds. The number of carbonyl (C=O) groups excluding carboxylic acids is 1. The monoisotopic (exact) mass is 349 g/mol. The number of para-hydroxylation sites is 2. The fraction of sp³-hybridized carbons (Fsp3) is 0.105. The van der Waals surface area contributed by atoms with Gasteiger partial charge in [0.15, 0.2) is 11.5 Å². The Hall–Kier alpha value is -3.61. The first-order chi connectivity index (χ1) is 12.7. The van der Waals surface area contributed by atoms with Crippen molar-refractivity contribution in [2.24, 2.45) is 0 Å². The lowest BCUT2D eigenvalue weighted by atomic mass is 10.1. The molecule has 26 heavy (non-hydrogen) atoms. The molecule has 2 aromatic carbocycles. The van der Waals surface area contributed by atoms with Gasteiger partial charge in [-0.25, -0.2) is 5.10 Å². The van der Waals surface area contributed by atoms with Crippen LogP contribution in [0.1, 0.15) is 0 Å². The fourth-order valence-corrected chi connectivity index (χ4v) is 2.63. The highest BCUT2D eigenvalue weighted by molar-refractivity contribution is 5.95. The molecule has 1 atom stereocenters. The molecule has 0 spiro atoms. The quantitative estimate of drug-likeness (QED) is 0.756. The van der Waals surface area contributed by atoms with Crippen molar-refractivity contribution in [3.05, 3.63) is 71.0 Å². The summed E-state index contributed by atoms with van der Waals surface area (Å²) >= 11 is 0. The van der Waals surface area contributed by atoms with Crippen LogP contribution < -0.4 is 20.3 Å². The minimum atomic E-state index is -0.736. The zero-order valence-electron chi connectivity index (χ0n) is 13.6. The molecular formula is C19H15N3O4. The van der Waals surface area contributed by atoms with Gasteiger partial charge >= 0.3 is 0 Å². The van der Waals surface area contributed by atoms with Crippen molar-refractivity contribution in [1.82, 2.24) is 10.2 Å². The van der Waals surface area contributed by atoms with Crippen molar-refractivity contribution >= 4 is 11.6 Å². The third-order valence-corrected chi connectivity index (χ3v) is 3.91. The third-order valence-electron chi connectivity index (χ3n) is 3.91. The number of ether oxygens (including phenoxy) is 2. The van der Waals surface area contributed by atoms with Crippen molar-refractivity contribution in [3.8, 4) is 22.8 Å². The van der Waals surface area contributed by atoms with Crippen LogP contribution in [0.5, 0.6) is 11.5 Å². The van der Waals surface area contributed by atoms with Gasteiger partial charge in [0.25, 0.3) is 11.5 Å². The second kappa shape index (κ2) is 6.72. The number of rotatable bonds is 3. The van der Waals surface area contributed by atoms with E-state index < -0.39 is 6.10 Å². The van der Waals surface area contributed by atoms with Crippen molar-refractivity contribution in [2.45, 2.75) is 6.10 Å². The Labute approximate surface area is 148 Å². The molecule has 3 aromatic rings. The van der Waals surface area contributed by atoms with Gasteiger partial charge in [-0.2, -0.15) is 5.10 Å². The molecule has 0 bridgehead atoms. The smallest absolute Gasteiger partial charge is 0.269 e. The second-order valence-corrected chi connectivity index (χ2v) is 5.74. The Morgan fingerprint density at radius 1 is 1.08 bits per heavy atom. The van der Waals surface area contributed by atoms with Gasteiger partial charge in [0.05, 0.1) is 5.69 Å². The average molecular weight is 349 g/mol. The number of carbonyl (C=O) groups is 1. The number of hydrogen-bond donors (Lipinski definition) is 2. The number of hydrogen-bond acceptors (Lipinski definition) is 5. The lowest BCUT2D eigenvalue weighted by Crippen LogP contribution is -2.40. The van der Waals surface area contributed by atoms with Crippen LogP contribution >= 0.6 is 0 Å². The van der Waals surface area contributed by atoms with Gasteiger partial charge in [-0.3, -0.25) is 9.59 Å². The van der Waals surface area contributed by atoms with Gasteiger partial charge in [-0.05, 0) is 30.3 Å². The van der Waals surface area contributed by atoms with Crippen LogP contribution in [-0.2, 0) is 4.79 Å². The predicted octanol–water partition coefficient (Wildman–Crippen LogP) is 2.22. The third kappa shape index (κ3) is 3.27. The predicted molar refractivity (Wildman–Crippen MR) is 95.3 cm³/mol. The van der Waals surface area contributed by atoms with Crippen LogP contribution in [0.25, 0.3) is 11.3 Å². The molecule has 7 nitrogen and oxygen atoms in total. The molecule has 130 valence electrons. The molecule has 1 aliphatic rings. The Morgan fingerprint density at radius 3 is 2.73 bits per heavy atom. The van der Waals surface area contributed by atoms with E-state index in [0.29, 0.717) is 22.9 Å². The van der Waals surface area contributed by atoms with E-state index in [2.05, 4.69) is 15.5 Å². The van der Waals surface area contributed by atoms with Crippen molar-refractivity contribution in [3.63, 3.8) is 0 Å². The highest BCUT2D eigenvalue weighted by atomic mass is 16.6. The summed E-state index contributed by atoms with van der Waals surface area (Å²) in [5.41, 5.74) is 1.70. The van der Waals surface area contributed by atoms with Crippen molar-refractivity contribution in [1.29, 1.82) is 0 Å². The first kappa shape index (κ1) is 15.9. The SMILES string of the molecule is O=C(Nc1cccc(-c2ccc(=O)[nH]n2)c1)C1COc2ccccc2O1. The Balaban J connectivity index is 1.49. The molecule has 0 saturated carbocycles. The molecule has 4 rings (SSSR count). The maximum Gasteiger partial charge on any atom is 0.269 e. The number of amides is 1. The number of anilines is 1. The normalized spacial score (nSPS) is 15.3. The second-order valence-electron chi connectivity index (χ2n) is 5.74. The number of benzene rings is 2. The summed E-state index contributed by atoms with van der Waals surface area (Å²) in [6.45, 7) is 0.143. The molecule has 7 heteroatoms. The summed E-state index contributed by atoms with van der Waals surface area (Å²) in [4.78, 5) is 23.6. The number of fused-ring (bicyclic) bond motifs is 1. The van der Waals surface area contributed by atoms with Crippen LogP contribution in [-0.4, -0.2) is 28.8 Å². The molecule has 2 heterocycles. The van der Waals surface area contributed by atoms with Crippen molar-refractivity contribution in [2.75, 3.05) is 11.9 Å². The molecule has 0 fully saturated rings. The topological polar surface area (TPSA) is 93.3 Å². The summed E-state index contributed by atoms with van der Waals surface area (Å²) in [5.74, 6) is 0.874. The van der Waals surface area contributed by atoms with Crippen LogP contribution in [0, 0.1) is 0 Å². The summed E-state index contributed by atoms with van der Waals surface area (Å²) in [5, 5.41) is 9.20.